The number of halogens is 2. The van der Waals surface area contributed by atoms with E-state index in [9.17, 15) is 22.8 Å². The molecule has 0 spiro atoms. The van der Waals surface area contributed by atoms with E-state index < -0.39 is 31.6 Å². The molecule has 0 heterocycles. The van der Waals surface area contributed by atoms with Gasteiger partial charge in [-0.1, -0.05) is 106 Å². The molecule has 0 radical (unpaired) electrons. The van der Waals surface area contributed by atoms with E-state index in [4.69, 9.17) is 45.3 Å². The van der Waals surface area contributed by atoms with Crippen LogP contribution in [0, 0.1) is 11.7 Å². The third-order valence-electron chi connectivity index (χ3n) is 7.73. The molecule has 0 saturated heterocycles. The van der Waals surface area contributed by atoms with Crippen molar-refractivity contribution in [3.8, 4) is 23.0 Å². The number of ether oxygens (including phenoxy) is 1. The van der Waals surface area contributed by atoms with E-state index in [1.807, 2.05) is 31.2 Å². The molecule has 0 aromatic heterocycles. The fourth-order valence-corrected chi connectivity index (χ4v) is 6.98. The summed E-state index contributed by atoms with van der Waals surface area (Å²) in [5, 5.41) is 22.6. The van der Waals surface area contributed by atoms with Crippen LogP contribution in [0.4, 0.5) is 17.1 Å². The van der Waals surface area contributed by atoms with E-state index in [0.717, 1.165) is 36.3 Å². The van der Waals surface area contributed by atoms with Crippen LogP contribution in [0.2, 0.25) is 10.0 Å². The van der Waals surface area contributed by atoms with Crippen molar-refractivity contribution >= 4 is 71.9 Å². The molecule has 4 aromatic carbocycles. The van der Waals surface area contributed by atoms with Crippen molar-refractivity contribution in [3.63, 3.8) is 0 Å². The van der Waals surface area contributed by atoms with Crippen LogP contribution in [0.3, 0.4) is 0 Å². The average molecular weight is 859 g/mol. The van der Waals surface area contributed by atoms with Gasteiger partial charge in [0.15, 0.2) is 17.2 Å². The van der Waals surface area contributed by atoms with Crippen LogP contribution in [0.1, 0.15) is 76.7 Å². The van der Waals surface area contributed by atoms with Crippen molar-refractivity contribution in [1.82, 2.24) is 0 Å². The number of hydrogen-bond acceptors (Lipinski definition) is 11. The summed E-state index contributed by atoms with van der Waals surface area (Å²) >= 11 is 10.4. The predicted molar refractivity (Wildman–Crippen MR) is 222 cm³/mol. The highest BCUT2D eigenvalue weighted by Gasteiger charge is 2.16. The Morgan fingerprint density at radius 1 is 0.727 bits per heavy atom. The van der Waals surface area contributed by atoms with Gasteiger partial charge in [0.1, 0.15) is 5.75 Å². The first kappa shape index (κ1) is 47.1. The second-order valence-corrected chi connectivity index (χ2v) is 16.8. The number of phenolic OH excluding ortho intramolecular Hbond substituents is 2. The van der Waals surface area contributed by atoms with E-state index in [1.54, 1.807) is 30.3 Å². The van der Waals surface area contributed by atoms with E-state index in [0.29, 0.717) is 5.69 Å². The summed E-state index contributed by atoms with van der Waals surface area (Å²) in [4.78, 5) is 0.245. The third kappa shape index (κ3) is 18.9. The molecule has 1 atom stereocenters. The summed E-state index contributed by atoms with van der Waals surface area (Å²) in [5.74, 6) is 0.353. The van der Waals surface area contributed by atoms with Gasteiger partial charge in [-0.25, -0.2) is 17.4 Å². The molecule has 4 rings (SSSR count). The fourth-order valence-electron chi connectivity index (χ4n) is 4.97. The number of anilines is 3. The molecule has 12 nitrogen and oxygen atoms in total. The SMILES string of the molecule is CCCCCCCCCCCCOc1ccc(Nc2ccc(O)c(OS(=N)(=O)c3ccc(C)cc3)c2)cc1.CS(=O)(=O)Nc1cc(Cl)c(O)c(Cl)c1.O=S=O. The highest BCUT2D eigenvalue weighted by atomic mass is 35.5. The minimum atomic E-state index is -3.57. The highest BCUT2D eigenvalue weighted by molar-refractivity contribution is 7.92. The van der Waals surface area contributed by atoms with Gasteiger partial charge in [-0.15, -0.1) is 0 Å². The van der Waals surface area contributed by atoms with Crippen LogP contribution >= 0.6 is 23.2 Å². The van der Waals surface area contributed by atoms with Crippen molar-refractivity contribution in [3.05, 3.63) is 94.5 Å². The Bertz CT molecular complexity index is 2010. The van der Waals surface area contributed by atoms with Crippen molar-refractivity contribution < 1.29 is 40.2 Å². The van der Waals surface area contributed by atoms with Crippen molar-refractivity contribution in [2.75, 3.05) is 22.9 Å². The number of phenols is 2. The quantitative estimate of drug-likeness (QED) is 0.0448. The second kappa shape index (κ2) is 24.5. The summed E-state index contributed by atoms with van der Waals surface area (Å²) in [6, 6.07) is 21.6. The number of benzene rings is 4. The van der Waals surface area contributed by atoms with Crippen LogP contribution in [0.5, 0.6) is 23.0 Å². The number of hydrogen-bond donors (Lipinski definition) is 5. The lowest BCUT2D eigenvalue weighted by molar-refractivity contribution is 0.304. The molecule has 55 heavy (non-hydrogen) atoms. The lowest BCUT2D eigenvalue weighted by atomic mass is 10.1. The summed E-state index contributed by atoms with van der Waals surface area (Å²) < 4.78 is 72.8. The third-order valence-corrected chi connectivity index (χ3v) is 10.2. The standard InChI is InChI=1S/C31H42N2O4S.C7H7Cl2NO3S.O2S/c1-3-4-5-6-7-8-9-10-11-12-23-36-28-18-15-26(16-19-28)33-27-17-22-30(34)31(24-27)37-38(32,35)29-20-13-25(2)14-21-29;1-14(12,13)10-4-2-5(8)7(11)6(9)3-4;1-3-2/h13-22,24,32-34H,3-12,23H2,1-2H3;2-3,10-11H,1H3;. The summed E-state index contributed by atoms with van der Waals surface area (Å²) in [6.07, 6.45) is 14.0. The van der Waals surface area contributed by atoms with Gasteiger partial charge in [-0.05, 0) is 74.0 Å². The monoisotopic (exact) mass is 857 g/mol. The van der Waals surface area contributed by atoms with E-state index >= 15 is 0 Å². The number of sulfonamides is 1. The van der Waals surface area contributed by atoms with E-state index in [2.05, 4.69) is 17.0 Å². The smallest absolute Gasteiger partial charge is 0.335 e. The Kier molecular flexibility index (Phi) is 21.0. The molecule has 0 bridgehead atoms. The molecule has 0 aliphatic carbocycles. The Balaban J connectivity index is 0.000000510. The van der Waals surface area contributed by atoms with Gasteiger partial charge >= 0.3 is 11.6 Å². The van der Waals surface area contributed by atoms with Crippen LogP contribution in [0.25, 0.3) is 0 Å². The largest absolute Gasteiger partial charge is 0.505 e. The zero-order valence-corrected chi connectivity index (χ0v) is 35.0. The molecule has 5 N–H and O–H groups in total. The molecule has 0 saturated carbocycles. The van der Waals surface area contributed by atoms with Crippen LogP contribution in [-0.4, -0.2) is 44.1 Å². The molecular formula is C38H49Cl2N3O9S3. The summed E-state index contributed by atoms with van der Waals surface area (Å²) in [6.45, 7) is 4.88. The van der Waals surface area contributed by atoms with Crippen molar-refractivity contribution in [2.45, 2.75) is 83.0 Å². The van der Waals surface area contributed by atoms with E-state index in [-0.39, 0.29) is 37.9 Å². The highest BCUT2D eigenvalue weighted by Crippen LogP contribution is 2.35. The van der Waals surface area contributed by atoms with Crippen LogP contribution in [0.15, 0.2) is 83.8 Å². The molecule has 0 amide bonds. The lowest BCUT2D eigenvalue weighted by Gasteiger charge is -2.14. The van der Waals surface area contributed by atoms with Gasteiger partial charge in [0.25, 0.3) is 0 Å². The number of aryl methyl sites for hydroxylation is 1. The van der Waals surface area contributed by atoms with E-state index in [1.165, 1.54) is 82.1 Å². The molecule has 4 aromatic rings. The molecule has 17 heteroatoms. The number of aromatic hydroxyl groups is 2. The second-order valence-electron chi connectivity index (χ2n) is 12.5. The minimum absolute atomic E-state index is 0.0105. The molecule has 0 fully saturated rings. The number of rotatable bonds is 19. The Labute approximate surface area is 338 Å². The first-order valence-electron chi connectivity index (χ1n) is 17.5. The zero-order chi connectivity index (χ0) is 40.9. The summed E-state index contributed by atoms with van der Waals surface area (Å²) in [7, 11) is -6.95. The average Bonchev–Trinajstić information content (AvgIpc) is 3.12. The zero-order valence-electron chi connectivity index (χ0n) is 31.0. The fraction of sp³-hybridized carbons (Fsp3) is 0.368. The normalized spacial score (nSPS) is 11.8. The van der Waals surface area contributed by atoms with Gasteiger partial charge < -0.3 is 24.4 Å². The Morgan fingerprint density at radius 3 is 1.76 bits per heavy atom. The maximum absolute atomic E-state index is 12.8. The molecule has 0 aliphatic heterocycles. The minimum Gasteiger partial charge on any atom is -0.505 e. The van der Waals surface area contributed by atoms with Crippen molar-refractivity contribution in [1.29, 1.82) is 4.78 Å². The lowest BCUT2D eigenvalue weighted by Crippen LogP contribution is -2.09. The predicted octanol–water partition coefficient (Wildman–Crippen LogP) is 10.5. The van der Waals surface area contributed by atoms with Gasteiger partial charge in [0, 0.05) is 17.4 Å². The first-order chi connectivity index (χ1) is 26.1. The molecule has 0 aliphatic rings. The molecular weight excluding hydrogens is 810 g/mol. The molecule has 302 valence electrons. The Morgan fingerprint density at radius 2 is 1.24 bits per heavy atom. The van der Waals surface area contributed by atoms with Crippen LogP contribution < -0.4 is 19.0 Å². The number of unbranched alkanes of at least 4 members (excludes halogenated alkanes) is 9. The maximum atomic E-state index is 12.8. The van der Waals surface area contributed by atoms with Gasteiger partial charge in [-0.3, -0.25) is 4.72 Å². The summed E-state index contributed by atoms with van der Waals surface area (Å²) in [5.41, 5.74) is 2.67. The Hall–Kier alpha value is -4.02. The van der Waals surface area contributed by atoms with Gasteiger partial charge in [0.05, 0.1) is 33.5 Å². The topological polar surface area (TPSA) is 192 Å². The van der Waals surface area contributed by atoms with Crippen molar-refractivity contribution in [2.24, 2.45) is 0 Å². The van der Waals surface area contributed by atoms with Crippen LogP contribution in [-0.2, 0) is 31.6 Å². The van der Waals surface area contributed by atoms with Gasteiger partial charge in [-0.2, -0.15) is 8.42 Å². The molecule has 1 unspecified atom stereocenters. The van der Waals surface area contributed by atoms with Gasteiger partial charge in [0.2, 0.25) is 20.0 Å². The number of nitrogens with one attached hydrogen (secondary N) is 3. The maximum Gasteiger partial charge on any atom is 0.335 e. The first-order valence-corrected chi connectivity index (χ1v) is 22.3.